The lowest BCUT2D eigenvalue weighted by Gasteiger charge is -2.14. The number of hydrogen-bond donors (Lipinski definition) is 1. The summed E-state index contributed by atoms with van der Waals surface area (Å²) in [4.78, 5) is 4.07. The van der Waals surface area contributed by atoms with Gasteiger partial charge in [0.25, 0.3) is 0 Å². The summed E-state index contributed by atoms with van der Waals surface area (Å²) in [6.07, 6.45) is 3.55. The minimum absolute atomic E-state index is 0.137. The Balaban J connectivity index is 2.01. The largest absolute Gasteiger partial charge is 0.306 e. The summed E-state index contributed by atoms with van der Waals surface area (Å²) in [6.45, 7) is 2.55. The highest BCUT2D eigenvalue weighted by atomic mass is 35.5. The van der Waals surface area contributed by atoms with Gasteiger partial charge in [-0.15, -0.1) is 0 Å². The lowest BCUT2D eigenvalue weighted by atomic mass is 10.1. The minimum atomic E-state index is -0.273. The van der Waals surface area contributed by atoms with E-state index < -0.39 is 0 Å². The van der Waals surface area contributed by atoms with Crippen LogP contribution in [-0.2, 0) is 6.54 Å². The molecule has 1 aromatic carbocycles. The highest BCUT2D eigenvalue weighted by Crippen LogP contribution is 2.18. The maximum absolute atomic E-state index is 13.1. The van der Waals surface area contributed by atoms with Crippen molar-refractivity contribution in [3.8, 4) is 0 Å². The second-order valence-electron chi connectivity index (χ2n) is 4.12. The van der Waals surface area contributed by atoms with Gasteiger partial charge >= 0.3 is 0 Å². The van der Waals surface area contributed by atoms with Gasteiger partial charge in [0.05, 0.1) is 0 Å². The highest BCUT2D eigenvalue weighted by molar-refractivity contribution is 6.31. The first-order valence-corrected chi connectivity index (χ1v) is 6.12. The molecule has 0 saturated heterocycles. The van der Waals surface area contributed by atoms with E-state index in [9.17, 15) is 4.39 Å². The Labute approximate surface area is 111 Å². The van der Waals surface area contributed by atoms with Gasteiger partial charge < -0.3 is 5.32 Å². The summed E-state index contributed by atoms with van der Waals surface area (Å²) in [5.74, 6) is -0.273. The number of halogens is 2. The maximum atomic E-state index is 13.1. The highest BCUT2D eigenvalue weighted by Gasteiger charge is 2.07. The third-order valence-corrected chi connectivity index (χ3v) is 3.16. The molecule has 1 unspecified atom stereocenters. The van der Waals surface area contributed by atoms with Gasteiger partial charge in [0.1, 0.15) is 5.82 Å². The fourth-order valence-electron chi connectivity index (χ4n) is 1.69. The van der Waals surface area contributed by atoms with Gasteiger partial charge in [-0.3, -0.25) is 4.98 Å². The van der Waals surface area contributed by atoms with Gasteiger partial charge in [-0.05, 0) is 42.3 Å². The molecular weight excluding hydrogens is 251 g/mol. The molecule has 0 saturated carbocycles. The van der Waals surface area contributed by atoms with E-state index in [1.807, 2.05) is 25.3 Å². The van der Waals surface area contributed by atoms with E-state index in [4.69, 9.17) is 11.6 Å². The van der Waals surface area contributed by atoms with Crippen LogP contribution >= 0.6 is 11.6 Å². The second kappa shape index (κ2) is 5.94. The zero-order chi connectivity index (χ0) is 13.0. The van der Waals surface area contributed by atoms with E-state index in [2.05, 4.69) is 10.3 Å². The quantitative estimate of drug-likeness (QED) is 0.910. The summed E-state index contributed by atoms with van der Waals surface area (Å²) < 4.78 is 13.1. The number of aromatic nitrogens is 1. The molecule has 0 spiro atoms. The molecular formula is C14H14ClFN2. The predicted octanol–water partition coefficient (Wildman–Crippen LogP) is 3.72. The van der Waals surface area contributed by atoms with E-state index in [0.29, 0.717) is 11.6 Å². The van der Waals surface area contributed by atoms with Crippen LogP contribution in [0, 0.1) is 5.82 Å². The van der Waals surface area contributed by atoms with Crippen LogP contribution in [0.25, 0.3) is 0 Å². The summed E-state index contributed by atoms with van der Waals surface area (Å²) in [5, 5.41) is 3.86. The predicted molar refractivity (Wildman–Crippen MR) is 70.9 cm³/mol. The van der Waals surface area contributed by atoms with E-state index in [1.165, 1.54) is 12.1 Å². The summed E-state index contributed by atoms with van der Waals surface area (Å²) in [6, 6.07) is 8.41. The summed E-state index contributed by atoms with van der Waals surface area (Å²) in [5.41, 5.74) is 1.84. The molecule has 0 aliphatic carbocycles. The monoisotopic (exact) mass is 264 g/mol. The molecule has 0 aliphatic heterocycles. The fraction of sp³-hybridized carbons (Fsp3) is 0.214. The van der Waals surface area contributed by atoms with Crippen molar-refractivity contribution in [1.82, 2.24) is 10.3 Å². The Kier molecular flexibility index (Phi) is 4.28. The van der Waals surface area contributed by atoms with Crippen LogP contribution in [0.4, 0.5) is 4.39 Å². The Morgan fingerprint density at radius 1 is 1.39 bits per heavy atom. The first kappa shape index (κ1) is 13.0. The van der Waals surface area contributed by atoms with Crippen LogP contribution in [0.15, 0.2) is 42.7 Å². The van der Waals surface area contributed by atoms with Gasteiger partial charge in [-0.2, -0.15) is 0 Å². The molecule has 2 rings (SSSR count). The normalized spacial score (nSPS) is 12.4. The molecule has 1 N–H and O–H groups in total. The second-order valence-corrected chi connectivity index (χ2v) is 4.53. The average molecular weight is 265 g/mol. The van der Waals surface area contributed by atoms with Crippen molar-refractivity contribution in [1.29, 1.82) is 0 Å². The number of benzene rings is 1. The Morgan fingerprint density at radius 3 is 2.94 bits per heavy atom. The number of nitrogens with zero attached hydrogens (tertiary/aromatic N) is 1. The zero-order valence-corrected chi connectivity index (χ0v) is 10.8. The molecule has 1 atom stereocenters. The van der Waals surface area contributed by atoms with E-state index in [1.54, 1.807) is 12.3 Å². The van der Waals surface area contributed by atoms with Crippen LogP contribution in [0.3, 0.4) is 0 Å². The molecule has 2 aromatic rings. The minimum Gasteiger partial charge on any atom is -0.306 e. The van der Waals surface area contributed by atoms with Gasteiger partial charge in [0.2, 0.25) is 0 Å². The molecule has 2 nitrogen and oxygen atoms in total. The van der Waals surface area contributed by atoms with Crippen molar-refractivity contribution in [2.24, 2.45) is 0 Å². The molecule has 0 radical (unpaired) electrons. The standard InChI is InChI=1S/C14H14ClFN2/c1-10(11-3-2-6-17-8-11)18-9-12-7-13(16)4-5-14(12)15/h2-8,10,18H,9H2,1H3. The van der Waals surface area contributed by atoms with Gasteiger partial charge in [-0.1, -0.05) is 17.7 Å². The lowest BCUT2D eigenvalue weighted by molar-refractivity contribution is 0.568. The molecule has 0 aliphatic rings. The van der Waals surface area contributed by atoms with Crippen molar-refractivity contribution < 1.29 is 4.39 Å². The third kappa shape index (κ3) is 3.28. The van der Waals surface area contributed by atoms with Crippen molar-refractivity contribution >= 4 is 11.6 Å². The number of rotatable bonds is 4. The van der Waals surface area contributed by atoms with Crippen LogP contribution in [0.5, 0.6) is 0 Å². The van der Waals surface area contributed by atoms with Crippen LogP contribution in [0.2, 0.25) is 5.02 Å². The molecule has 94 valence electrons. The van der Waals surface area contributed by atoms with E-state index in [0.717, 1.165) is 11.1 Å². The third-order valence-electron chi connectivity index (χ3n) is 2.79. The maximum Gasteiger partial charge on any atom is 0.123 e. The van der Waals surface area contributed by atoms with Gasteiger partial charge in [0.15, 0.2) is 0 Å². The summed E-state index contributed by atoms with van der Waals surface area (Å²) >= 11 is 6.01. The molecule has 1 aromatic heterocycles. The van der Waals surface area contributed by atoms with Crippen LogP contribution < -0.4 is 5.32 Å². The SMILES string of the molecule is CC(NCc1cc(F)ccc1Cl)c1cccnc1. The molecule has 4 heteroatoms. The first-order valence-electron chi connectivity index (χ1n) is 5.74. The molecule has 1 heterocycles. The van der Waals surface area contributed by atoms with Crippen molar-refractivity contribution in [2.45, 2.75) is 19.5 Å². The van der Waals surface area contributed by atoms with Crippen molar-refractivity contribution in [3.63, 3.8) is 0 Å². The van der Waals surface area contributed by atoms with Crippen molar-refractivity contribution in [3.05, 3.63) is 64.7 Å². The Hall–Kier alpha value is -1.45. The lowest BCUT2D eigenvalue weighted by Crippen LogP contribution is -2.18. The number of hydrogen-bond acceptors (Lipinski definition) is 2. The van der Waals surface area contributed by atoms with Gasteiger partial charge in [-0.25, -0.2) is 4.39 Å². The zero-order valence-electron chi connectivity index (χ0n) is 10.0. The molecule has 0 fully saturated rings. The number of pyridine rings is 1. The molecule has 0 amide bonds. The molecule has 0 bridgehead atoms. The molecule has 18 heavy (non-hydrogen) atoms. The van der Waals surface area contributed by atoms with Crippen LogP contribution in [-0.4, -0.2) is 4.98 Å². The topological polar surface area (TPSA) is 24.9 Å². The van der Waals surface area contributed by atoms with Gasteiger partial charge in [0, 0.05) is 30.0 Å². The Bertz CT molecular complexity index is 516. The first-order chi connectivity index (χ1) is 8.66. The van der Waals surface area contributed by atoms with Crippen molar-refractivity contribution in [2.75, 3.05) is 0 Å². The number of nitrogens with one attached hydrogen (secondary N) is 1. The van der Waals surface area contributed by atoms with E-state index in [-0.39, 0.29) is 11.9 Å². The van der Waals surface area contributed by atoms with E-state index >= 15 is 0 Å². The average Bonchev–Trinajstić information content (AvgIpc) is 2.40. The Morgan fingerprint density at radius 2 is 2.22 bits per heavy atom. The fourth-order valence-corrected chi connectivity index (χ4v) is 1.88. The smallest absolute Gasteiger partial charge is 0.123 e. The summed E-state index contributed by atoms with van der Waals surface area (Å²) in [7, 11) is 0. The van der Waals surface area contributed by atoms with Crippen LogP contribution in [0.1, 0.15) is 24.1 Å².